The fraction of sp³-hybridized carbons (Fsp3) is 0.222. The molecule has 0 aliphatic carbocycles. The standard InChI is InChI=1S/C18H16O8/c1-8(19)25-18-16(23)15-13(24-2)6-10(20)7-14(15)26-17(18)9-3-4-11(21)12(22)5-9/h3-7,17-18,20-22H,1-2H3/t17-,18-/m0/s1. The lowest BCUT2D eigenvalue weighted by Crippen LogP contribution is -2.39. The Bertz CT molecular complexity index is 889. The van der Waals surface area contributed by atoms with E-state index in [2.05, 4.69) is 0 Å². The molecule has 0 unspecified atom stereocenters. The number of methoxy groups -OCH3 is 1. The first-order chi connectivity index (χ1) is 12.3. The number of phenols is 3. The Morgan fingerprint density at radius 3 is 2.46 bits per heavy atom. The van der Waals surface area contributed by atoms with Crippen LogP contribution in [0.1, 0.15) is 28.9 Å². The minimum atomic E-state index is -1.33. The molecule has 136 valence electrons. The molecule has 0 radical (unpaired) electrons. The summed E-state index contributed by atoms with van der Waals surface area (Å²) in [5, 5.41) is 29.0. The fourth-order valence-corrected chi connectivity index (χ4v) is 2.81. The third-order valence-corrected chi connectivity index (χ3v) is 3.93. The molecule has 0 fully saturated rings. The van der Waals surface area contributed by atoms with Crippen LogP contribution in [0, 0.1) is 0 Å². The van der Waals surface area contributed by atoms with Crippen molar-refractivity contribution in [1.82, 2.24) is 0 Å². The van der Waals surface area contributed by atoms with E-state index in [1.807, 2.05) is 0 Å². The maximum Gasteiger partial charge on any atom is 0.303 e. The maximum absolute atomic E-state index is 12.9. The maximum atomic E-state index is 12.9. The van der Waals surface area contributed by atoms with Crippen molar-refractivity contribution < 1.29 is 39.1 Å². The average Bonchev–Trinajstić information content (AvgIpc) is 2.58. The summed E-state index contributed by atoms with van der Waals surface area (Å²) in [7, 11) is 1.33. The van der Waals surface area contributed by atoms with E-state index in [-0.39, 0.29) is 28.6 Å². The van der Waals surface area contributed by atoms with Gasteiger partial charge >= 0.3 is 5.97 Å². The zero-order chi connectivity index (χ0) is 19.0. The molecule has 0 amide bonds. The summed E-state index contributed by atoms with van der Waals surface area (Å²) in [6, 6.07) is 6.34. The normalized spacial score (nSPS) is 18.6. The Labute approximate surface area is 148 Å². The van der Waals surface area contributed by atoms with Crippen molar-refractivity contribution in [2.24, 2.45) is 0 Å². The molecule has 1 aliphatic rings. The van der Waals surface area contributed by atoms with Crippen molar-refractivity contribution >= 4 is 11.8 Å². The van der Waals surface area contributed by atoms with Crippen molar-refractivity contribution in [3.63, 3.8) is 0 Å². The highest BCUT2D eigenvalue weighted by atomic mass is 16.6. The van der Waals surface area contributed by atoms with E-state index in [1.165, 1.54) is 37.4 Å². The van der Waals surface area contributed by atoms with Gasteiger partial charge in [0.2, 0.25) is 11.9 Å². The zero-order valence-electron chi connectivity index (χ0n) is 13.9. The second-order valence-electron chi connectivity index (χ2n) is 5.70. The van der Waals surface area contributed by atoms with Gasteiger partial charge in [-0.3, -0.25) is 9.59 Å². The highest BCUT2D eigenvalue weighted by Gasteiger charge is 2.43. The van der Waals surface area contributed by atoms with Crippen LogP contribution in [0.15, 0.2) is 30.3 Å². The van der Waals surface area contributed by atoms with Gasteiger partial charge in [-0.2, -0.15) is 0 Å². The van der Waals surface area contributed by atoms with Crippen LogP contribution in [0.2, 0.25) is 0 Å². The van der Waals surface area contributed by atoms with E-state index in [9.17, 15) is 24.9 Å². The van der Waals surface area contributed by atoms with Gasteiger partial charge in [0.25, 0.3) is 0 Å². The quantitative estimate of drug-likeness (QED) is 0.561. The predicted molar refractivity (Wildman–Crippen MR) is 87.7 cm³/mol. The van der Waals surface area contributed by atoms with Crippen LogP contribution in [-0.2, 0) is 9.53 Å². The molecule has 2 aromatic rings. The predicted octanol–water partition coefficient (Wildman–Crippen LogP) is 2.06. The minimum Gasteiger partial charge on any atom is -0.508 e. The Morgan fingerprint density at radius 2 is 1.85 bits per heavy atom. The van der Waals surface area contributed by atoms with Crippen LogP contribution >= 0.6 is 0 Å². The third-order valence-electron chi connectivity index (χ3n) is 3.93. The Balaban J connectivity index is 2.14. The van der Waals surface area contributed by atoms with E-state index in [0.29, 0.717) is 5.56 Å². The van der Waals surface area contributed by atoms with Gasteiger partial charge in [0.1, 0.15) is 22.8 Å². The number of Topliss-reactive ketones (excluding diaryl/α,β-unsaturated/α-hetero) is 1. The zero-order valence-corrected chi connectivity index (χ0v) is 13.9. The van der Waals surface area contributed by atoms with E-state index < -0.39 is 29.7 Å². The molecular formula is C18H16O8. The molecule has 3 N–H and O–H groups in total. The molecule has 0 spiro atoms. The van der Waals surface area contributed by atoms with Gasteiger partial charge in [-0.25, -0.2) is 0 Å². The number of hydrogen-bond acceptors (Lipinski definition) is 8. The summed E-state index contributed by atoms with van der Waals surface area (Å²) >= 11 is 0. The van der Waals surface area contributed by atoms with Crippen LogP contribution < -0.4 is 9.47 Å². The number of esters is 1. The molecule has 0 saturated carbocycles. The highest BCUT2D eigenvalue weighted by molar-refractivity contribution is 6.06. The first-order valence-electron chi connectivity index (χ1n) is 7.62. The van der Waals surface area contributed by atoms with Crippen LogP contribution in [0.5, 0.6) is 28.7 Å². The number of hydrogen-bond donors (Lipinski definition) is 3. The second-order valence-corrected chi connectivity index (χ2v) is 5.70. The van der Waals surface area contributed by atoms with Gasteiger partial charge in [0.05, 0.1) is 7.11 Å². The number of benzene rings is 2. The lowest BCUT2D eigenvalue weighted by Gasteiger charge is -2.32. The van der Waals surface area contributed by atoms with Crippen molar-refractivity contribution in [3.8, 4) is 28.7 Å². The van der Waals surface area contributed by atoms with Crippen LogP contribution in [-0.4, -0.2) is 40.3 Å². The number of carbonyl (C=O) groups excluding carboxylic acids is 2. The van der Waals surface area contributed by atoms with Gasteiger partial charge < -0.3 is 29.5 Å². The van der Waals surface area contributed by atoms with Crippen molar-refractivity contribution in [3.05, 3.63) is 41.5 Å². The average molecular weight is 360 g/mol. The smallest absolute Gasteiger partial charge is 0.303 e. The molecule has 0 aromatic heterocycles. The Hall–Kier alpha value is -3.42. The van der Waals surface area contributed by atoms with E-state index in [1.54, 1.807) is 0 Å². The molecule has 2 aromatic carbocycles. The number of rotatable bonds is 3. The number of carbonyl (C=O) groups is 2. The molecule has 0 bridgehead atoms. The summed E-state index contributed by atoms with van der Waals surface area (Å²) in [6.07, 6.45) is -2.42. The number of ketones is 1. The molecule has 1 heterocycles. The van der Waals surface area contributed by atoms with Gasteiger partial charge in [-0.05, 0) is 12.1 Å². The van der Waals surface area contributed by atoms with Crippen molar-refractivity contribution in [2.75, 3.05) is 7.11 Å². The van der Waals surface area contributed by atoms with Gasteiger partial charge in [0.15, 0.2) is 17.6 Å². The minimum absolute atomic E-state index is 0.0378. The molecule has 2 atom stereocenters. The summed E-state index contributed by atoms with van der Waals surface area (Å²) in [5.41, 5.74) is 0.337. The van der Waals surface area contributed by atoms with Crippen LogP contribution in [0.25, 0.3) is 0 Å². The lowest BCUT2D eigenvalue weighted by atomic mass is 9.92. The largest absolute Gasteiger partial charge is 0.508 e. The van der Waals surface area contributed by atoms with Gasteiger partial charge in [0, 0.05) is 24.6 Å². The summed E-state index contributed by atoms with van der Waals surface area (Å²) in [5.74, 6) is -2.08. The van der Waals surface area contributed by atoms with Gasteiger partial charge in [-0.15, -0.1) is 0 Å². The lowest BCUT2D eigenvalue weighted by molar-refractivity contribution is -0.148. The first-order valence-corrected chi connectivity index (χ1v) is 7.62. The summed E-state index contributed by atoms with van der Waals surface area (Å²) in [6.45, 7) is 1.15. The molecular weight excluding hydrogens is 344 g/mol. The molecule has 1 aliphatic heterocycles. The molecule has 26 heavy (non-hydrogen) atoms. The van der Waals surface area contributed by atoms with Crippen LogP contribution in [0.3, 0.4) is 0 Å². The van der Waals surface area contributed by atoms with E-state index >= 15 is 0 Å². The highest BCUT2D eigenvalue weighted by Crippen LogP contribution is 2.44. The molecule has 3 rings (SSSR count). The van der Waals surface area contributed by atoms with Crippen LogP contribution in [0.4, 0.5) is 0 Å². The Kier molecular flexibility index (Phi) is 4.33. The number of ether oxygens (including phenoxy) is 3. The number of aromatic hydroxyl groups is 3. The summed E-state index contributed by atoms with van der Waals surface area (Å²) < 4.78 is 16.1. The topological polar surface area (TPSA) is 123 Å². The van der Waals surface area contributed by atoms with E-state index in [4.69, 9.17) is 14.2 Å². The number of fused-ring (bicyclic) bond motifs is 1. The van der Waals surface area contributed by atoms with Crippen molar-refractivity contribution in [1.29, 1.82) is 0 Å². The molecule has 0 saturated heterocycles. The monoisotopic (exact) mass is 360 g/mol. The van der Waals surface area contributed by atoms with Gasteiger partial charge in [-0.1, -0.05) is 6.07 Å². The fourth-order valence-electron chi connectivity index (χ4n) is 2.81. The third kappa shape index (κ3) is 2.97. The number of phenolic OH excluding ortho intramolecular Hbond substituents is 3. The van der Waals surface area contributed by atoms with Crippen molar-refractivity contribution in [2.45, 2.75) is 19.1 Å². The molecule has 8 heteroatoms. The van der Waals surface area contributed by atoms with E-state index in [0.717, 1.165) is 6.92 Å². The SMILES string of the molecule is COc1cc(O)cc2c1C(=O)[C@H](OC(C)=O)[C@H](c1ccc(O)c(O)c1)O2. The first kappa shape index (κ1) is 17.4. The summed E-state index contributed by atoms with van der Waals surface area (Å²) in [4.78, 5) is 24.4. The molecule has 8 nitrogen and oxygen atoms in total. The second kappa shape index (κ2) is 6.47. The Morgan fingerprint density at radius 1 is 1.12 bits per heavy atom.